The standard InChI is InChI=1S/C25H24F2N2/c1-15(2)20-8-7-9-21(16(3)4)24(20)29-23-11-6-5-10-22(23)28-25(29)17-12-18(26)14-19(27)13-17/h5-16H,1-4H3. The van der Waals surface area contributed by atoms with Crippen molar-refractivity contribution in [3.05, 3.63) is 83.4 Å². The van der Waals surface area contributed by atoms with E-state index in [1.165, 1.54) is 23.3 Å². The van der Waals surface area contributed by atoms with Crippen molar-refractivity contribution in [1.82, 2.24) is 9.55 Å². The quantitative estimate of drug-likeness (QED) is 0.360. The third kappa shape index (κ3) is 3.44. The molecular formula is C25H24F2N2. The lowest BCUT2D eigenvalue weighted by Gasteiger charge is -2.22. The number of hydrogen-bond acceptors (Lipinski definition) is 1. The van der Waals surface area contributed by atoms with Gasteiger partial charge in [-0.1, -0.05) is 58.0 Å². The third-order valence-corrected chi connectivity index (χ3v) is 5.25. The molecule has 0 aliphatic heterocycles. The van der Waals surface area contributed by atoms with Crippen LogP contribution in [0, 0.1) is 11.6 Å². The molecule has 0 unspecified atom stereocenters. The summed E-state index contributed by atoms with van der Waals surface area (Å²) in [5, 5.41) is 0. The molecule has 0 radical (unpaired) electrons. The van der Waals surface area contributed by atoms with Crippen LogP contribution in [0.2, 0.25) is 0 Å². The molecule has 0 fully saturated rings. The first kappa shape index (κ1) is 19.3. The van der Waals surface area contributed by atoms with E-state index in [1.807, 2.05) is 24.3 Å². The molecule has 0 N–H and O–H groups in total. The Balaban J connectivity index is 2.15. The molecule has 1 aromatic heterocycles. The highest BCUT2D eigenvalue weighted by Gasteiger charge is 2.22. The second kappa shape index (κ2) is 7.43. The van der Waals surface area contributed by atoms with Gasteiger partial charge in [-0.2, -0.15) is 0 Å². The van der Waals surface area contributed by atoms with Crippen molar-refractivity contribution in [2.24, 2.45) is 0 Å². The van der Waals surface area contributed by atoms with Crippen LogP contribution in [0.1, 0.15) is 50.7 Å². The number of nitrogens with zero attached hydrogens (tertiary/aromatic N) is 2. The van der Waals surface area contributed by atoms with Crippen molar-refractivity contribution in [1.29, 1.82) is 0 Å². The summed E-state index contributed by atoms with van der Waals surface area (Å²) in [5.74, 6) is -0.122. The molecule has 0 spiro atoms. The van der Waals surface area contributed by atoms with Gasteiger partial charge in [-0.25, -0.2) is 13.8 Å². The molecule has 0 amide bonds. The molecule has 0 aliphatic carbocycles. The zero-order valence-electron chi connectivity index (χ0n) is 17.1. The van der Waals surface area contributed by atoms with E-state index in [4.69, 9.17) is 4.98 Å². The van der Waals surface area contributed by atoms with Crippen molar-refractivity contribution in [2.45, 2.75) is 39.5 Å². The fraction of sp³-hybridized carbons (Fsp3) is 0.240. The van der Waals surface area contributed by atoms with Crippen LogP contribution in [0.25, 0.3) is 28.1 Å². The molecule has 0 saturated heterocycles. The minimum absolute atomic E-state index is 0.280. The number of halogens is 2. The summed E-state index contributed by atoms with van der Waals surface area (Å²) in [7, 11) is 0. The van der Waals surface area contributed by atoms with Gasteiger partial charge in [0.1, 0.15) is 17.5 Å². The largest absolute Gasteiger partial charge is 0.292 e. The number of benzene rings is 3. The first-order valence-corrected chi connectivity index (χ1v) is 9.94. The zero-order valence-corrected chi connectivity index (χ0v) is 17.1. The number of rotatable bonds is 4. The van der Waals surface area contributed by atoms with Crippen LogP contribution in [0.3, 0.4) is 0 Å². The number of fused-ring (bicyclic) bond motifs is 1. The average molecular weight is 390 g/mol. The molecule has 2 nitrogen and oxygen atoms in total. The lowest BCUT2D eigenvalue weighted by atomic mass is 9.92. The minimum Gasteiger partial charge on any atom is -0.292 e. The molecule has 3 aromatic carbocycles. The van der Waals surface area contributed by atoms with Gasteiger partial charge in [0.15, 0.2) is 0 Å². The van der Waals surface area contributed by atoms with Crippen molar-refractivity contribution in [3.63, 3.8) is 0 Å². The summed E-state index contributed by atoms with van der Waals surface area (Å²) >= 11 is 0. The maximum atomic E-state index is 14.0. The maximum Gasteiger partial charge on any atom is 0.145 e. The van der Waals surface area contributed by atoms with Gasteiger partial charge in [-0.15, -0.1) is 0 Å². The molecule has 0 saturated carbocycles. The molecule has 0 atom stereocenters. The Hall–Kier alpha value is -3.01. The molecule has 0 bridgehead atoms. The van der Waals surface area contributed by atoms with Crippen LogP contribution in [0.15, 0.2) is 60.7 Å². The van der Waals surface area contributed by atoms with E-state index in [1.54, 1.807) is 0 Å². The average Bonchev–Trinajstić information content (AvgIpc) is 3.05. The van der Waals surface area contributed by atoms with Crippen molar-refractivity contribution >= 4 is 11.0 Å². The molecule has 0 aliphatic rings. The predicted octanol–water partition coefficient (Wildman–Crippen LogP) is 7.22. The highest BCUT2D eigenvalue weighted by atomic mass is 19.1. The lowest BCUT2D eigenvalue weighted by molar-refractivity contribution is 0.584. The Morgan fingerprint density at radius 1 is 0.759 bits per heavy atom. The van der Waals surface area contributed by atoms with Gasteiger partial charge in [-0.05, 0) is 47.2 Å². The Kier molecular flexibility index (Phi) is 4.95. The van der Waals surface area contributed by atoms with Gasteiger partial charge in [0, 0.05) is 11.6 Å². The maximum absolute atomic E-state index is 14.0. The Bertz CT molecular complexity index is 1140. The van der Waals surface area contributed by atoms with Gasteiger partial charge in [0.05, 0.1) is 16.7 Å². The van der Waals surface area contributed by atoms with Gasteiger partial charge >= 0.3 is 0 Å². The van der Waals surface area contributed by atoms with Crippen LogP contribution < -0.4 is 0 Å². The summed E-state index contributed by atoms with van der Waals surface area (Å²) in [5.41, 5.74) is 5.54. The lowest BCUT2D eigenvalue weighted by Crippen LogP contribution is -2.08. The summed E-state index contributed by atoms with van der Waals surface area (Å²) in [6, 6.07) is 17.7. The Labute approximate surface area is 169 Å². The highest BCUT2D eigenvalue weighted by molar-refractivity contribution is 5.84. The Morgan fingerprint density at radius 3 is 1.93 bits per heavy atom. The van der Waals surface area contributed by atoms with Gasteiger partial charge in [0.25, 0.3) is 0 Å². The first-order valence-electron chi connectivity index (χ1n) is 9.94. The minimum atomic E-state index is -0.611. The van der Waals surface area contributed by atoms with E-state index in [-0.39, 0.29) is 11.8 Å². The van der Waals surface area contributed by atoms with E-state index in [2.05, 4.69) is 50.5 Å². The van der Waals surface area contributed by atoms with Gasteiger partial charge in [0.2, 0.25) is 0 Å². The van der Waals surface area contributed by atoms with E-state index in [9.17, 15) is 8.78 Å². The molecular weight excluding hydrogens is 366 g/mol. The molecule has 4 rings (SSSR count). The molecule has 4 heteroatoms. The highest BCUT2D eigenvalue weighted by Crippen LogP contribution is 2.37. The summed E-state index contributed by atoms with van der Waals surface area (Å²) in [6.45, 7) is 8.63. The molecule has 1 heterocycles. The predicted molar refractivity (Wildman–Crippen MR) is 115 cm³/mol. The fourth-order valence-electron chi connectivity index (χ4n) is 3.90. The van der Waals surface area contributed by atoms with E-state index in [0.717, 1.165) is 22.8 Å². The smallest absolute Gasteiger partial charge is 0.145 e. The number of para-hydroxylation sites is 3. The topological polar surface area (TPSA) is 17.8 Å². The molecule has 4 aromatic rings. The molecule has 29 heavy (non-hydrogen) atoms. The number of hydrogen-bond donors (Lipinski definition) is 0. The van der Waals surface area contributed by atoms with Crippen LogP contribution in [0.5, 0.6) is 0 Å². The normalized spacial score (nSPS) is 11.7. The summed E-state index contributed by atoms with van der Waals surface area (Å²) in [4.78, 5) is 4.77. The van der Waals surface area contributed by atoms with Crippen LogP contribution in [-0.2, 0) is 0 Å². The number of imidazole rings is 1. The van der Waals surface area contributed by atoms with E-state index in [0.29, 0.717) is 11.4 Å². The fourth-order valence-corrected chi connectivity index (χ4v) is 3.90. The third-order valence-electron chi connectivity index (χ3n) is 5.25. The summed E-state index contributed by atoms with van der Waals surface area (Å²) in [6.07, 6.45) is 0. The van der Waals surface area contributed by atoms with E-state index >= 15 is 0 Å². The SMILES string of the molecule is CC(C)c1cccc(C(C)C)c1-n1c(-c2cc(F)cc(F)c2)nc2ccccc21. The van der Waals surface area contributed by atoms with Crippen molar-refractivity contribution < 1.29 is 8.78 Å². The van der Waals surface area contributed by atoms with Crippen LogP contribution >= 0.6 is 0 Å². The van der Waals surface area contributed by atoms with Crippen LogP contribution in [-0.4, -0.2) is 9.55 Å². The summed E-state index contributed by atoms with van der Waals surface area (Å²) < 4.78 is 30.1. The second-order valence-corrected chi connectivity index (χ2v) is 8.01. The van der Waals surface area contributed by atoms with Crippen molar-refractivity contribution in [3.8, 4) is 17.1 Å². The second-order valence-electron chi connectivity index (χ2n) is 8.01. The first-order chi connectivity index (χ1) is 13.9. The Morgan fingerprint density at radius 2 is 1.34 bits per heavy atom. The zero-order chi connectivity index (χ0) is 20.7. The molecule has 148 valence electrons. The van der Waals surface area contributed by atoms with Crippen molar-refractivity contribution in [2.75, 3.05) is 0 Å². The van der Waals surface area contributed by atoms with Crippen LogP contribution in [0.4, 0.5) is 8.78 Å². The van der Waals surface area contributed by atoms with Gasteiger partial charge < -0.3 is 0 Å². The van der Waals surface area contributed by atoms with E-state index < -0.39 is 11.6 Å². The number of aromatic nitrogens is 2. The monoisotopic (exact) mass is 390 g/mol. The van der Waals surface area contributed by atoms with Gasteiger partial charge in [-0.3, -0.25) is 4.57 Å².